The van der Waals surface area contributed by atoms with E-state index in [0.717, 1.165) is 25.2 Å². The first kappa shape index (κ1) is 23.8. The van der Waals surface area contributed by atoms with E-state index in [9.17, 15) is 0 Å². The molecular weight excluding hydrogens is 380 g/mol. The van der Waals surface area contributed by atoms with Crippen molar-refractivity contribution in [3.05, 3.63) is 59.6 Å². The highest BCUT2D eigenvalue weighted by molar-refractivity contribution is 7.95. The predicted octanol–water partition coefficient (Wildman–Crippen LogP) is 5.28. The predicted molar refractivity (Wildman–Crippen MR) is 126 cm³/mol. The lowest BCUT2D eigenvalue weighted by Crippen LogP contribution is -2.47. The summed E-state index contributed by atoms with van der Waals surface area (Å²) in [6.45, 7) is 17.5. The van der Waals surface area contributed by atoms with Crippen LogP contribution in [0.4, 0.5) is 0 Å². The number of nitrogens with one attached hydrogen (secondary N) is 2. The maximum absolute atomic E-state index is 6.36. The van der Waals surface area contributed by atoms with Crippen LogP contribution in [0.1, 0.15) is 48.5 Å². The van der Waals surface area contributed by atoms with E-state index < -0.39 is 11.2 Å². The van der Waals surface area contributed by atoms with Crippen molar-refractivity contribution in [1.29, 1.82) is 0 Å². The molecule has 2 aliphatic heterocycles. The Balaban J connectivity index is 2.24. The number of hydrogen-bond acceptors (Lipinski definition) is 5. The molecule has 2 heterocycles. The van der Waals surface area contributed by atoms with Crippen LogP contribution in [0, 0.1) is 5.92 Å². The summed E-state index contributed by atoms with van der Waals surface area (Å²) in [5.74, 6) is 0.412. The Bertz CT molecular complexity index is 700. The second kappa shape index (κ2) is 10.6. The average molecular weight is 419 g/mol. The number of rotatable bonds is 9. The summed E-state index contributed by atoms with van der Waals surface area (Å²) in [7, 11) is 0. The van der Waals surface area contributed by atoms with Crippen LogP contribution in [-0.2, 0) is 8.92 Å². The molecule has 1 atom stereocenters. The molecule has 2 N–H and O–H groups in total. The van der Waals surface area contributed by atoms with Crippen molar-refractivity contribution in [3.63, 3.8) is 0 Å². The number of dihydropyridines is 1. The Labute approximate surface area is 181 Å². The van der Waals surface area contributed by atoms with Gasteiger partial charge in [0.2, 0.25) is 0 Å². The van der Waals surface area contributed by atoms with E-state index in [4.69, 9.17) is 8.92 Å². The van der Waals surface area contributed by atoms with Crippen molar-refractivity contribution in [3.8, 4) is 0 Å². The molecule has 2 aliphatic rings. The summed E-state index contributed by atoms with van der Waals surface area (Å²) >= 11 is 1.50. The molecule has 1 unspecified atom stereocenters. The number of allylic oxidation sites excluding steroid dienone is 3. The zero-order valence-corrected chi connectivity index (χ0v) is 19.9. The van der Waals surface area contributed by atoms with Crippen molar-refractivity contribution in [1.82, 2.24) is 10.6 Å². The zero-order chi connectivity index (χ0) is 21.5. The standard InChI is InChI=1S/C24H38N2O2S/c1-18(2)29-28-24(6,7)23(4,5)27-17-22(21-11-9-13-26-16-21)14-19(3)20-10-8-12-25-15-20/h8-11,13-14,17-18,20,25-26H,12,15-16H2,1-7H3/b19-14+,22-17+. The van der Waals surface area contributed by atoms with Gasteiger partial charge < -0.3 is 19.6 Å². The summed E-state index contributed by atoms with van der Waals surface area (Å²) < 4.78 is 12.5. The molecule has 0 aliphatic carbocycles. The molecular formula is C24H38N2O2S. The Morgan fingerprint density at radius 2 is 2.00 bits per heavy atom. The molecule has 0 amide bonds. The van der Waals surface area contributed by atoms with Crippen LogP contribution in [0.25, 0.3) is 0 Å². The van der Waals surface area contributed by atoms with Crippen molar-refractivity contribution in [2.24, 2.45) is 5.92 Å². The van der Waals surface area contributed by atoms with Gasteiger partial charge in [-0.2, -0.15) is 0 Å². The molecule has 162 valence electrons. The van der Waals surface area contributed by atoms with Crippen LogP contribution in [0.3, 0.4) is 0 Å². The van der Waals surface area contributed by atoms with E-state index in [1.54, 1.807) is 0 Å². The van der Waals surface area contributed by atoms with Gasteiger partial charge in [-0.05, 0) is 64.5 Å². The third kappa shape index (κ3) is 7.09. The Morgan fingerprint density at radius 1 is 1.24 bits per heavy atom. The molecule has 0 fully saturated rings. The second-order valence-corrected chi connectivity index (χ2v) is 10.3. The van der Waals surface area contributed by atoms with E-state index >= 15 is 0 Å². The van der Waals surface area contributed by atoms with Gasteiger partial charge in [0.1, 0.15) is 11.2 Å². The number of ether oxygens (including phenoxy) is 1. The Hall–Kier alpha value is -1.43. The van der Waals surface area contributed by atoms with Gasteiger partial charge >= 0.3 is 0 Å². The largest absolute Gasteiger partial charge is 0.492 e. The van der Waals surface area contributed by atoms with Gasteiger partial charge in [-0.1, -0.05) is 43.7 Å². The van der Waals surface area contributed by atoms with Gasteiger partial charge in [0.25, 0.3) is 0 Å². The molecule has 0 spiro atoms. The Morgan fingerprint density at radius 3 is 2.59 bits per heavy atom. The molecule has 4 nitrogen and oxygen atoms in total. The molecule has 0 aromatic rings. The quantitative estimate of drug-likeness (QED) is 0.231. The highest BCUT2D eigenvalue weighted by Crippen LogP contribution is 2.35. The van der Waals surface area contributed by atoms with Crippen molar-refractivity contribution in [2.45, 2.75) is 64.9 Å². The van der Waals surface area contributed by atoms with Crippen molar-refractivity contribution < 1.29 is 8.92 Å². The number of hydrogen-bond donors (Lipinski definition) is 2. The maximum Gasteiger partial charge on any atom is 0.132 e. The Kier molecular flexibility index (Phi) is 8.68. The minimum absolute atomic E-state index is 0.407. The van der Waals surface area contributed by atoms with Crippen LogP contribution in [0.15, 0.2) is 59.6 Å². The lowest BCUT2D eigenvalue weighted by Gasteiger charge is -2.40. The first-order valence-electron chi connectivity index (χ1n) is 10.5. The molecule has 0 aromatic heterocycles. The lowest BCUT2D eigenvalue weighted by atomic mass is 9.89. The van der Waals surface area contributed by atoms with Gasteiger partial charge in [0.15, 0.2) is 0 Å². The summed E-state index contributed by atoms with van der Waals surface area (Å²) in [6, 6.07) is 0. The molecule has 0 bridgehead atoms. The SMILES string of the molecule is C/C(=C\C(=C/OC(C)(C)C(C)(C)OSC(C)C)C1=CC=CNC1)C1C=CCNC1. The molecule has 0 saturated heterocycles. The topological polar surface area (TPSA) is 42.5 Å². The van der Waals surface area contributed by atoms with E-state index in [2.05, 4.69) is 83.4 Å². The van der Waals surface area contributed by atoms with Crippen molar-refractivity contribution >= 4 is 12.0 Å². The molecule has 29 heavy (non-hydrogen) atoms. The fraction of sp³-hybridized carbons (Fsp3) is 0.583. The molecule has 0 aromatic carbocycles. The summed E-state index contributed by atoms with van der Waals surface area (Å²) in [6.07, 6.45) is 14.8. The minimum atomic E-state index is -0.493. The first-order chi connectivity index (χ1) is 13.6. The third-order valence-electron chi connectivity index (χ3n) is 5.52. The van der Waals surface area contributed by atoms with Gasteiger partial charge in [-0.3, -0.25) is 0 Å². The van der Waals surface area contributed by atoms with Gasteiger partial charge in [-0.15, -0.1) is 0 Å². The average Bonchev–Trinajstić information content (AvgIpc) is 2.70. The van der Waals surface area contributed by atoms with Crippen LogP contribution in [0.2, 0.25) is 0 Å². The molecule has 0 saturated carbocycles. The smallest absolute Gasteiger partial charge is 0.132 e. The van der Waals surface area contributed by atoms with E-state index in [1.165, 1.54) is 23.2 Å². The first-order valence-corrected chi connectivity index (χ1v) is 11.3. The summed E-state index contributed by atoms with van der Waals surface area (Å²) in [5, 5.41) is 7.14. The van der Waals surface area contributed by atoms with Gasteiger partial charge in [0.05, 0.1) is 6.26 Å². The monoisotopic (exact) mass is 418 g/mol. The normalized spacial score (nSPS) is 21.2. The lowest BCUT2D eigenvalue weighted by molar-refractivity contribution is -0.0897. The van der Waals surface area contributed by atoms with Crippen molar-refractivity contribution in [2.75, 3.05) is 19.6 Å². The second-order valence-electron chi connectivity index (χ2n) is 8.95. The van der Waals surface area contributed by atoms with Crippen LogP contribution >= 0.6 is 12.0 Å². The highest BCUT2D eigenvalue weighted by atomic mass is 32.2. The highest BCUT2D eigenvalue weighted by Gasteiger charge is 2.40. The van der Waals surface area contributed by atoms with E-state index in [-0.39, 0.29) is 0 Å². The zero-order valence-electron chi connectivity index (χ0n) is 19.0. The van der Waals surface area contributed by atoms with Gasteiger partial charge in [-0.25, -0.2) is 0 Å². The fourth-order valence-electron chi connectivity index (χ4n) is 2.82. The van der Waals surface area contributed by atoms with E-state index in [1.807, 2.05) is 18.5 Å². The third-order valence-corrected chi connectivity index (χ3v) is 6.41. The van der Waals surface area contributed by atoms with E-state index in [0.29, 0.717) is 11.2 Å². The molecule has 0 radical (unpaired) electrons. The summed E-state index contributed by atoms with van der Waals surface area (Å²) in [4.78, 5) is 0. The summed E-state index contributed by atoms with van der Waals surface area (Å²) in [5.41, 5.74) is 2.69. The van der Waals surface area contributed by atoms with Crippen LogP contribution in [-0.4, -0.2) is 36.1 Å². The molecule has 2 rings (SSSR count). The van der Waals surface area contributed by atoms with Crippen LogP contribution in [0.5, 0.6) is 0 Å². The minimum Gasteiger partial charge on any atom is -0.492 e. The fourth-order valence-corrected chi connectivity index (χ4v) is 3.45. The van der Waals surface area contributed by atoms with Crippen LogP contribution < -0.4 is 10.6 Å². The molecule has 5 heteroatoms. The van der Waals surface area contributed by atoms with Gasteiger partial charge in [0, 0.05) is 36.4 Å². The maximum atomic E-state index is 6.36.